The van der Waals surface area contributed by atoms with Gasteiger partial charge in [-0.25, -0.2) is 19.6 Å². The zero-order chi connectivity index (χ0) is 41.8. The molecule has 0 aliphatic carbocycles. The van der Waals surface area contributed by atoms with E-state index in [1.54, 1.807) is 45.0 Å². The van der Waals surface area contributed by atoms with E-state index in [1.807, 2.05) is 43.5 Å². The number of thioether (sulfide) groups is 1. The monoisotopic (exact) mass is 843 g/mol. The molecule has 2 aromatic heterocycles. The minimum atomic E-state index is -0.918. The largest absolute Gasteiger partial charge is 0.490 e. The molecule has 1 fully saturated rings. The topological polar surface area (TPSA) is 180 Å². The molecule has 0 spiro atoms. The van der Waals surface area contributed by atoms with Crippen LogP contribution >= 0.6 is 34.7 Å². The van der Waals surface area contributed by atoms with Crippen LogP contribution in [-0.2, 0) is 24.8 Å². The first kappa shape index (κ1) is 43.8. The number of hydrogen-bond acceptors (Lipinski definition) is 13. The van der Waals surface area contributed by atoms with Crippen molar-refractivity contribution in [2.24, 2.45) is 5.92 Å². The standard InChI is InChI=1S/C42H46ClN7O6S2/c1-26(2)20-34(48-35(51)23-46-41(53)56-42(3,4)5)40(52)55-19-18-54-31-14-10-27(11-15-31)36-32(21-44)37(50-16-6-7-17-50)49-39(33(36)22-45)58-25-30-24-57-38(47-30)28-8-12-29(43)13-9-28/h8-15,24,26,34H,6-7,16-20,23,25H2,1-5H3,(H,46,53)(H,48,51)/t34-/m0/s1. The first-order valence-electron chi connectivity index (χ1n) is 18.9. The van der Waals surface area contributed by atoms with Crippen molar-refractivity contribution in [2.75, 3.05) is 37.7 Å². The number of ether oxygens (including phenoxy) is 3. The van der Waals surface area contributed by atoms with Gasteiger partial charge in [-0.2, -0.15) is 10.5 Å². The van der Waals surface area contributed by atoms with Crippen LogP contribution in [-0.4, -0.2) is 72.4 Å². The van der Waals surface area contributed by atoms with Crippen molar-refractivity contribution in [3.8, 4) is 39.6 Å². The van der Waals surface area contributed by atoms with E-state index in [9.17, 15) is 24.9 Å². The SMILES string of the molecule is CC(C)C[C@H](NC(=O)CNC(=O)OC(C)(C)C)C(=O)OCCOc1ccc(-c2c(C#N)c(SCc3csc(-c4ccc(Cl)cc4)n3)nc(N3CCCC3)c2C#N)cc1. The highest BCUT2D eigenvalue weighted by molar-refractivity contribution is 7.98. The molecule has 2 N–H and O–H groups in total. The lowest BCUT2D eigenvalue weighted by Gasteiger charge is -2.22. The summed E-state index contributed by atoms with van der Waals surface area (Å²) in [6, 6.07) is 18.3. The Balaban J connectivity index is 1.25. The number of amides is 2. The maximum atomic E-state index is 12.9. The second-order valence-electron chi connectivity index (χ2n) is 14.9. The van der Waals surface area contributed by atoms with Gasteiger partial charge in [0.2, 0.25) is 5.91 Å². The van der Waals surface area contributed by atoms with Gasteiger partial charge in [-0.05, 0) is 75.8 Å². The molecule has 5 rings (SSSR count). The number of benzene rings is 2. The molecule has 0 bridgehead atoms. The van der Waals surface area contributed by atoms with Crippen LogP contribution in [0.15, 0.2) is 58.9 Å². The Morgan fingerprint density at radius 1 is 0.966 bits per heavy atom. The number of esters is 1. The van der Waals surface area contributed by atoms with Gasteiger partial charge in [0.1, 0.15) is 70.7 Å². The number of pyridine rings is 1. The number of nitrogens with one attached hydrogen (secondary N) is 2. The first-order valence-corrected chi connectivity index (χ1v) is 21.1. The molecular weight excluding hydrogens is 798 g/mol. The molecule has 1 saturated heterocycles. The molecule has 2 aromatic carbocycles. The van der Waals surface area contributed by atoms with Crippen LogP contribution in [0.25, 0.3) is 21.7 Å². The van der Waals surface area contributed by atoms with Crippen LogP contribution in [0.1, 0.15) is 70.7 Å². The molecule has 2 amide bonds. The van der Waals surface area contributed by atoms with E-state index < -0.39 is 29.6 Å². The Morgan fingerprint density at radius 3 is 2.28 bits per heavy atom. The van der Waals surface area contributed by atoms with Crippen LogP contribution in [0.5, 0.6) is 5.75 Å². The third-order valence-electron chi connectivity index (χ3n) is 8.63. The van der Waals surface area contributed by atoms with E-state index in [2.05, 4.69) is 27.7 Å². The smallest absolute Gasteiger partial charge is 0.408 e. The number of carbonyl (C=O) groups excluding carboxylic acids is 3. The quantitative estimate of drug-likeness (QED) is 0.0629. The molecule has 4 aromatic rings. The fourth-order valence-corrected chi connectivity index (χ4v) is 8.00. The summed E-state index contributed by atoms with van der Waals surface area (Å²) in [5, 5.41) is 30.0. The Bertz CT molecular complexity index is 2150. The maximum absolute atomic E-state index is 12.9. The lowest BCUT2D eigenvalue weighted by Crippen LogP contribution is -2.47. The van der Waals surface area contributed by atoms with Crippen molar-refractivity contribution in [3.63, 3.8) is 0 Å². The van der Waals surface area contributed by atoms with Gasteiger partial charge >= 0.3 is 12.1 Å². The van der Waals surface area contributed by atoms with Crippen LogP contribution in [0.4, 0.5) is 10.6 Å². The summed E-state index contributed by atoms with van der Waals surface area (Å²) in [6.45, 7) is 10.1. The molecular formula is C42H46ClN7O6S2. The van der Waals surface area contributed by atoms with Gasteiger partial charge in [0, 0.05) is 40.4 Å². The van der Waals surface area contributed by atoms with Gasteiger partial charge in [-0.15, -0.1) is 11.3 Å². The second kappa shape index (κ2) is 20.4. The molecule has 13 nitrogen and oxygen atoms in total. The zero-order valence-electron chi connectivity index (χ0n) is 33.1. The summed E-state index contributed by atoms with van der Waals surface area (Å²) in [5.41, 5.74) is 2.90. The number of anilines is 1. The first-order chi connectivity index (χ1) is 27.7. The lowest BCUT2D eigenvalue weighted by molar-refractivity contribution is -0.149. The number of rotatable bonds is 16. The summed E-state index contributed by atoms with van der Waals surface area (Å²) < 4.78 is 16.5. The molecule has 0 radical (unpaired) electrons. The van der Waals surface area contributed by atoms with Crippen LogP contribution < -0.4 is 20.3 Å². The number of carbonyl (C=O) groups is 3. The molecule has 1 aliphatic heterocycles. The minimum absolute atomic E-state index is 0.0338. The minimum Gasteiger partial charge on any atom is -0.490 e. The van der Waals surface area contributed by atoms with Gasteiger partial charge in [-0.3, -0.25) is 4.79 Å². The predicted octanol–water partition coefficient (Wildman–Crippen LogP) is 8.14. The van der Waals surface area contributed by atoms with Gasteiger partial charge < -0.3 is 29.7 Å². The van der Waals surface area contributed by atoms with Crippen LogP contribution in [0.2, 0.25) is 5.02 Å². The number of nitriles is 2. The van der Waals surface area contributed by atoms with Crippen LogP contribution in [0.3, 0.4) is 0 Å². The van der Waals surface area contributed by atoms with E-state index in [0.29, 0.717) is 56.0 Å². The predicted molar refractivity (Wildman–Crippen MR) is 225 cm³/mol. The third-order valence-corrected chi connectivity index (χ3v) is 10.8. The van der Waals surface area contributed by atoms with Crippen molar-refractivity contribution in [3.05, 3.63) is 75.8 Å². The number of alkyl carbamates (subject to hydrolysis) is 1. The van der Waals surface area contributed by atoms with E-state index in [4.69, 9.17) is 35.8 Å². The van der Waals surface area contributed by atoms with Gasteiger partial charge in [0.05, 0.1) is 11.3 Å². The number of thiazole rings is 1. The summed E-state index contributed by atoms with van der Waals surface area (Å²) >= 11 is 9.01. The normalized spacial score (nSPS) is 13.0. The Morgan fingerprint density at radius 2 is 1.64 bits per heavy atom. The van der Waals surface area contributed by atoms with Crippen molar-refractivity contribution in [1.29, 1.82) is 10.5 Å². The second-order valence-corrected chi connectivity index (χ2v) is 17.1. The average molecular weight is 844 g/mol. The number of halogens is 1. The van der Waals surface area contributed by atoms with Crippen molar-refractivity contribution in [1.82, 2.24) is 20.6 Å². The Kier molecular flexibility index (Phi) is 15.4. The van der Waals surface area contributed by atoms with Crippen molar-refractivity contribution >= 4 is 58.5 Å². The fourth-order valence-electron chi connectivity index (χ4n) is 6.07. The van der Waals surface area contributed by atoms with Crippen molar-refractivity contribution < 1.29 is 28.6 Å². The van der Waals surface area contributed by atoms with Crippen molar-refractivity contribution in [2.45, 2.75) is 76.3 Å². The Labute approximate surface area is 352 Å². The number of nitrogens with zero attached hydrogens (tertiary/aromatic N) is 5. The van der Waals surface area contributed by atoms with Gasteiger partial charge in [0.15, 0.2) is 0 Å². The Hall–Kier alpha value is -5.35. The molecule has 58 heavy (non-hydrogen) atoms. The third kappa shape index (κ3) is 12.3. The van der Waals surface area contributed by atoms with E-state index in [1.165, 1.54) is 23.1 Å². The maximum Gasteiger partial charge on any atom is 0.408 e. The molecule has 1 atom stereocenters. The summed E-state index contributed by atoms with van der Waals surface area (Å²) in [6.07, 6.45) is 1.56. The molecule has 304 valence electrons. The fraction of sp³-hybridized carbons (Fsp3) is 0.405. The lowest BCUT2D eigenvalue weighted by atomic mass is 9.96. The highest BCUT2D eigenvalue weighted by Gasteiger charge is 2.27. The highest BCUT2D eigenvalue weighted by atomic mass is 35.5. The van der Waals surface area contributed by atoms with E-state index >= 15 is 0 Å². The highest BCUT2D eigenvalue weighted by Crippen LogP contribution is 2.40. The van der Waals surface area contributed by atoms with E-state index in [-0.39, 0.29) is 25.7 Å². The van der Waals surface area contributed by atoms with Crippen LogP contribution in [0, 0.1) is 28.6 Å². The number of aromatic nitrogens is 2. The summed E-state index contributed by atoms with van der Waals surface area (Å²) in [7, 11) is 0. The molecule has 1 aliphatic rings. The molecule has 0 saturated carbocycles. The average Bonchev–Trinajstić information content (AvgIpc) is 3.90. The molecule has 16 heteroatoms. The molecule has 3 heterocycles. The van der Waals surface area contributed by atoms with Gasteiger partial charge in [-0.1, -0.05) is 61.5 Å². The zero-order valence-corrected chi connectivity index (χ0v) is 35.5. The summed E-state index contributed by atoms with van der Waals surface area (Å²) in [5.74, 6) is 0.417. The van der Waals surface area contributed by atoms with E-state index in [0.717, 1.165) is 42.2 Å². The number of hydrogen-bond donors (Lipinski definition) is 2. The van der Waals surface area contributed by atoms with Gasteiger partial charge in [0.25, 0.3) is 0 Å². The summed E-state index contributed by atoms with van der Waals surface area (Å²) in [4.78, 5) is 49.2. The molecule has 0 unspecified atom stereocenters.